The molecule has 2 saturated heterocycles. The number of thiazole rings is 1. The van der Waals surface area contributed by atoms with Crippen LogP contribution in [0.25, 0.3) is 33.4 Å². The van der Waals surface area contributed by atoms with Crippen LogP contribution in [-0.2, 0) is 43.2 Å². The maximum absolute atomic E-state index is 14.4. The molecule has 13 nitrogen and oxygen atoms in total. The fraction of sp³-hybridized carbons (Fsp3) is 0.490. The molecule has 0 spiro atoms. The number of amides is 2. The van der Waals surface area contributed by atoms with Crippen LogP contribution in [0.4, 0.5) is 5.69 Å². The number of methoxy groups -OCH3 is 1. The summed E-state index contributed by atoms with van der Waals surface area (Å²) in [5.41, 5.74) is 11.9. The van der Waals surface area contributed by atoms with E-state index in [9.17, 15) is 14.4 Å². The van der Waals surface area contributed by atoms with Crippen molar-refractivity contribution < 1.29 is 23.9 Å². The van der Waals surface area contributed by atoms with Gasteiger partial charge in [0, 0.05) is 91.5 Å². The third kappa shape index (κ3) is 8.87. The minimum Gasteiger partial charge on any atom is -0.464 e. The summed E-state index contributed by atoms with van der Waals surface area (Å²) >= 11 is 1.49. The number of benzene rings is 2. The van der Waals surface area contributed by atoms with E-state index in [-0.39, 0.29) is 42.8 Å². The summed E-state index contributed by atoms with van der Waals surface area (Å²) in [6.07, 6.45) is 4.46. The van der Waals surface area contributed by atoms with Crippen LogP contribution in [0.2, 0.25) is 0 Å². The third-order valence-electron chi connectivity index (χ3n) is 13.4. The van der Waals surface area contributed by atoms with E-state index in [1.165, 1.54) is 16.3 Å². The number of fused-ring (bicyclic) bond motifs is 6. The molecule has 3 fully saturated rings. The molecule has 4 aliphatic rings. The first kappa shape index (κ1) is 43.1. The number of nitrogens with zero attached hydrogens (tertiary/aromatic N) is 6. The molecule has 1 aliphatic carbocycles. The number of hydrogen-bond acceptors (Lipinski definition) is 11. The van der Waals surface area contributed by atoms with Crippen molar-refractivity contribution in [2.75, 3.05) is 58.4 Å². The minimum absolute atomic E-state index is 0.124. The highest BCUT2D eigenvalue weighted by Crippen LogP contribution is 2.48. The van der Waals surface area contributed by atoms with E-state index in [2.05, 4.69) is 89.3 Å². The zero-order chi connectivity index (χ0) is 44.0. The van der Waals surface area contributed by atoms with Crippen molar-refractivity contribution in [3.05, 3.63) is 88.0 Å². The second kappa shape index (κ2) is 17.8. The Labute approximate surface area is 374 Å². The fourth-order valence-corrected chi connectivity index (χ4v) is 10.5. The van der Waals surface area contributed by atoms with Gasteiger partial charge in [-0.2, -0.15) is 0 Å². The van der Waals surface area contributed by atoms with E-state index in [4.69, 9.17) is 19.4 Å². The van der Waals surface area contributed by atoms with Gasteiger partial charge in [-0.15, -0.1) is 11.3 Å². The molecular weight excluding hydrogens is 813 g/mol. The zero-order valence-corrected chi connectivity index (χ0v) is 38.2. The summed E-state index contributed by atoms with van der Waals surface area (Å²) in [5, 5.41) is 8.52. The van der Waals surface area contributed by atoms with Crippen molar-refractivity contribution in [2.24, 2.45) is 11.3 Å². The normalized spacial score (nSPS) is 23.6. The maximum atomic E-state index is 14.4. The Morgan fingerprint density at radius 1 is 1.08 bits per heavy atom. The first-order chi connectivity index (χ1) is 30.4. The Morgan fingerprint density at radius 2 is 1.87 bits per heavy atom. The molecule has 2 aromatic carbocycles. The van der Waals surface area contributed by atoms with Gasteiger partial charge in [0.15, 0.2) is 0 Å². The van der Waals surface area contributed by atoms with Crippen LogP contribution >= 0.6 is 11.3 Å². The predicted octanol–water partition coefficient (Wildman–Crippen LogP) is 6.76. The van der Waals surface area contributed by atoms with Gasteiger partial charge < -0.3 is 29.2 Å². The predicted molar refractivity (Wildman–Crippen MR) is 246 cm³/mol. The lowest BCUT2D eigenvalue weighted by Gasteiger charge is -2.35. The molecule has 14 heteroatoms. The van der Waals surface area contributed by atoms with Crippen molar-refractivity contribution >= 4 is 45.7 Å². The Balaban J connectivity index is 1.13. The number of pyridine rings is 1. The average Bonchev–Trinajstić information content (AvgIpc) is 3.88. The lowest BCUT2D eigenvalue weighted by atomic mass is 9.84. The maximum Gasteiger partial charge on any atom is 0.324 e. The lowest BCUT2D eigenvalue weighted by molar-refractivity contribution is -0.155. The molecule has 2 amide bonds. The molecule has 9 rings (SSSR count). The van der Waals surface area contributed by atoms with Crippen LogP contribution in [0.5, 0.6) is 0 Å². The molecule has 5 atom stereocenters. The highest BCUT2D eigenvalue weighted by molar-refractivity contribution is 7.10. The summed E-state index contributed by atoms with van der Waals surface area (Å²) in [6, 6.07) is 17.3. The van der Waals surface area contributed by atoms with E-state index in [0.29, 0.717) is 25.8 Å². The van der Waals surface area contributed by atoms with Gasteiger partial charge in [-0.3, -0.25) is 24.4 Å². The Bertz CT molecular complexity index is 2490. The lowest BCUT2D eigenvalue weighted by Crippen LogP contribution is -2.60. The number of carbonyl (C=O) groups is 3. The molecule has 3 aromatic heterocycles. The monoisotopic (exact) mass is 872 g/mol. The number of nitrogens with one attached hydrogen (secondary N) is 2. The van der Waals surface area contributed by atoms with Crippen molar-refractivity contribution in [3.8, 4) is 22.5 Å². The van der Waals surface area contributed by atoms with Gasteiger partial charge in [-0.25, -0.2) is 10.4 Å². The zero-order valence-electron chi connectivity index (χ0n) is 37.4. The van der Waals surface area contributed by atoms with E-state index >= 15 is 0 Å². The first-order valence-electron chi connectivity index (χ1n) is 22.6. The molecular formula is C49H60N8O5S. The number of ether oxygens (including phenoxy) is 2. The first-order valence-corrected chi connectivity index (χ1v) is 23.4. The summed E-state index contributed by atoms with van der Waals surface area (Å²) in [5.74, 6) is -0.907. The van der Waals surface area contributed by atoms with E-state index in [1.807, 2.05) is 36.7 Å². The number of anilines is 1. The van der Waals surface area contributed by atoms with Crippen LogP contribution in [0.1, 0.15) is 80.8 Å². The summed E-state index contributed by atoms with van der Waals surface area (Å²) in [7, 11) is 3.89. The standard InChI is InChI=1S/C49H60N8O5S/c1-7-56-42-16-15-32-22-35(42)38(45(56)37-23-33(27-50-44(37)30(2)61-6)55-20-18-54(5)19-21-55)26-49(3,4)29-62-48(60)39-14-11-17-57(53-39)47(59)40(25-43-51-41(32)28-63-43)52-46(58)36-24-34(36)31-12-9-8-10-13-31/h8-10,12-13,15-16,22-23,27-28,30,34,36,39-40,53H,7,11,14,17-21,24-26,29H2,1-6H3,(H,52,58)/t30-,34+,36-,39-,40-/m0/s1. The van der Waals surface area contributed by atoms with Gasteiger partial charge in [0.05, 0.1) is 46.7 Å². The Morgan fingerprint density at radius 3 is 2.63 bits per heavy atom. The SMILES string of the molecule is CCn1c(-c2cc(N3CCN(C)CC3)cnc2[C@H](C)OC)c2c3cc(ccc31)-c1csc(n1)C[C@H](NC(=O)[C@H]1C[C@@H]1c1ccccc1)C(=O)N1CCC[C@H](N1)C(=O)OCC(C)(C)C2. The summed E-state index contributed by atoms with van der Waals surface area (Å²) in [6.45, 7) is 13.6. The third-order valence-corrected chi connectivity index (χ3v) is 14.3. The summed E-state index contributed by atoms with van der Waals surface area (Å²) < 4.78 is 14.5. The van der Waals surface area contributed by atoms with Gasteiger partial charge >= 0.3 is 5.97 Å². The highest BCUT2D eigenvalue weighted by atomic mass is 32.1. The minimum atomic E-state index is -0.872. The van der Waals surface area contributed by atoms with Crippen molar-refractivity contribution in [1.82, 2.24) is 35.2 Å². The van der Waals surface area contributed by atoms with Crippen LogP contribution in [0.15, 0.2) is 66.2 Å². The molecule has 332 valence electrons. The average molecular weight is 873 g/mol. The smallest absolute Gasteiger partial charge is 0.324 e. The van der Waals surface area contributed by atoms with Crippen molar-refractivity contribution in [2.45, 2.75) is 90.4 Å². The topological polar surface area (TPSA) is 134 Å². The van der Waals surface area contributed by atoms with Crippen molar-refractivity contribution in [3.63, 3.8) is 0 Å². The van der Waals surface area contributed by atoms with Crippen molar-refractivity contribution in [1.29, 1.82) is 0 Å². The number of piperazine rings is 1. The number of carbonyl (C=O) groups excluding carboxylic acids is 3. The van der Waals surface area contributed by atoms with Crippen LogP contribution in [0.3, 0.4) is 0 Å². The molecule has 0 radical (unpaired) electrons. The van der Waals surface area contributed by atoms with Gasteiger partial charge in [-0.05, 0) is 81.8 Å². The van der Waals surface area contributed by atoms with Gasteiger partial charge in [0.2, 0.25) is 5.91 Å². The number of aryl methyl sites for hydroxylation is 1. The number of likely N-dealkylation sites (N-methyl/N-ethyl adjacent to an activating group) is 1. The van der Waals surface area contributed by atoms with Gasteiger partial charge in [0.25, 0.3) is 5.91 Å². The molecule has 5 aromatic rings. The van der Waals surface area contributed by atoms with Crippen LogP contribution < -0.4 is 15.6 Å². The Kier molecular flexibility index (Phi) is 12.2. The summed E-state index contributed by atoms with van der Waals surface area (Å²) in [4.78, 5) is 57.2. The van der Waals surface area contributed by atoms with E-state index < -0.39 is 23.5 Å². The molecule has 6 heterocycles. The fourth-order valence-electron chi connectivity index (χ4n) is 9.67. The number of hydrazine groups is 1. The molecule has 63 heavy (non-hydrogen) atoms. The number of aromatic nitrogens is 3. The Hall–Kier alpha value is -5.15. The number of rotatable bonds is 8. The van der Waals surface area contributed by atoms with E-state index in [0.717, 1.165) is 100 Å². The number of cyclic esters (lactones) is 1. The second-order valence-corrected chi connectivity index (χ2v) is 19.6. The van der Waals surface area contributed by atoms with Gasteiger partial charge in [0.1, 0.15) is 12.1 Å². The van der Waals surface area contributed by atoms with Crippen LogP contribution in [0, 0.1) is 11.3 Å². The quantitative estimate of drug-likeness (QED) is 0.161. The molecule has 0 unspecified atom stereocenters. The molecule has 1 saturated carbocycles. The van der Waals surface area contributed by atoms with Gasteiger partial charge in [-0.1, -0.05) is 50.2 Å². The number of esters is 1. The van der Waals surface area contributed by atoms with E-state index in [1.54, 1.807) is 7.11 Å². The number of hydrogen-bond donors (Lipinski definition) is 2. The largest absolute Gasteiger partial charge is 0.464 e. The second-order valence-electron chi connectivity index (χ2n) is 18.6. The van der Waals surface area contributed by atoms with Crippen LogP contribution in [-0.4, -0.2) is 108 Å². The molecule has 6 bridgehead atoms. The molecule has 2 N–H and O–H groups in total. The highest BCUT2D eigenvalue weighted by Gasteiger charge is 2.45. The molecule has 3 aliphatic heterocycles.